The second kappa shape index (κ2) is 9.92. The number of ether oxygens (including phenoxy) is 1. The number of nitrogens with one attached hydrogen (secondary N) is 1. The summed E-state index contributed by atoms with van der Waals surface area (Å²) in [5.41, 5.74) is 6.53. The topological polar surface area (TPSA) is 98.5 Å². The van der Waals surface area contributed by atoms with Gasteiger partial charge in [0.05, 0.1) is 11.8 Å². The second-order valence-corrected chi connectivity index (χ2v) is 10.1. The Bertz CT molecular complexity index is 1280. The highest BCUT2D eigenvalue weighted by molar-refractivity contribution is 14.1. The van der Waals surface area contributed by atoms with Gasteiger partial charge in [-0.25, -0.2) is 21.9 Å². The molecule has 0 unspecified atom stereocenters. The fourth-order valence-electron chi connectivity index (χ4n) is 3.07. The molecule has 0 aliphatic rings. The molecule has 0 aliphatic carbocycles. The average Bonchev–Trinajstić information content (AvgIpc) is 2.68. The molecule has 0 bridgehead atoms. The number of benzene rings is 3. The van der Waals surface area contributed by atoms with Gasteiger partial charge in [0, 0.05) is 22.6 Å². The predicted molar refractivity (Wildman–Crippen MR) is 125 cm³/mol. The van der Waals surface area contributed by atoms with Gasteiger partial charge in [-0.3, -0.25) is 4.79 Å². The SMILES string of the molecule is CS(=O)(=O)NCc1cccc(Oc2cc(F)cc(Cc3ccc(I)cc3F)c2C(N)=O)c1. The second-order valence-electron chi connectivity index (χ2n) is 7.06. The van der Waals surface area contributed by atoms with Crippen molar-refractivity contribution in [2.24, 2.45) is 5.73 Å². The van der Waals surface area contributed by atoms with Crippen molar-refractivity contribution >= 4 is 38.5 Å². The number of hydrogen-bond acceptors (Lipinski definition) is 4. The van der Waals surface area contributed by atoms with Crippen molar-refractivity contribution in [3.8, 4) is 11.5 Å². The van der Waals surface area contributed by atoms with Crippen LogP contribution in [-0.2, 0) is 23.0 Å². The van der Waals surface area contributed by atoms with E-state index in [-0.39, 0.29) is 41.2 Å². The summed E-state index contributed by atoms with van der Waals surface area (Å²) in [7, 11) is -3.39. The van der Waals surface area contributed by atoms with Crippen LogP contribution >= 0.6 is 22.6 Å². The Hall–Kier alpha value is -2.57. The van der Waals surface area contributed by atoms with Crippen LogP contribution in [0.25, 0.3) is 0 Å². The lowest BCUT2D eigenvalue weighted by molar-refractivity contribution is 0.0997. The zero-order valence-corrected chi connectivity index (χ0v) is 19.8. The Morgan fingerprint density at radius 1 is 1.09 bits per heavy atom. The van der Waals surface area contributed by atoms with Crippen molar-refractivity contribution in [1.29, 1.82) is 0 Å². The quantitative estimate of drug-likeness (QED) is 0.398. The number of primary amides is 1. The molecule has 0 aliphatic heterocycles. The van der Waals surface area contributed by atoms with Crippen LogP contribution in [0.3, 0.4) is 0 Å². The molecule has 0 heterocycles. The summed E-state index contributed by atoms with van der Waals surface area (Å²) in [4.78, 5) is 12.2. The predicted octanol–water partition coefficient (Wildman–Crippen LogP) is 4.10. The molecule has 0 spiro atoms. The normalized spacial score (nSPS) is 11.4. The van der Waals surface area contributed by atoms with E-state index >= 15 is 0 Å². The Labute approximate surface area is 198 Å². The molecular weight excluding hydrogens is 553 g/mol. The number of carbonyl (C=O) groups is 1. The van der Waals surface area contributed by atoms with Gasteiger partial charge in [0.15, 0.2) is 0 Å². The maximum absolute atomic E-state index is 14.4. The van der Waals surface area contributed by atoms with E-state index < -0.39 is 27.6 Å². The summed E-state index contributed by atoms with van der Waals surface area (Å²) in [6, 6.07) is 13.2. The molecule has 3 N–H and O–H groups in total. The van der Waals surface area contributed by atoms with E-state index in [2.05, 4.69) is 4.72 Å². The van der Waals surface area contributed by atoms with Crippen LogP contribution in [0.1, 0.15) is 27.0 Å². The van der Waals surface area contributed by atoms with Crippen molar-refractivity contribution in [3.05, 3.63) is 92.1 Å². The Kier molecular flexibility index (Phi) is 7.47. The van der Waals surface area contributed by atoms with E-state index in [1.54, 1.807) is 36.4 Å². The van der Waals surface area contributed by atoms with Gasteiger partial charge in [0.2, 0.25) is 10.0 Å². The molecule has 0 fully saturated rings. The number of carbonyl (C=O) groups excluding carboxylic acids is 1. The molecule has 32 heavy (non-hydrogen) atoms. The van der Waals surface area contributed by atoms with E-state index in [0.717, 1.165) is 18.4 Å². The van der Waals surface area contributed by atoms with Gasteiger partial charge < -0.3 is 10.5 Å². The highest BCUT2D eigenvalue weighted by Crippen LogP contribution is 2.31. The van der Waals surface area contributed by atoms with E-state index in [9.17, 15) is 22.0 Å². The van der Waals surface area contributed by atoms with Crippen LogP contribution < -0.4 is 15.2 Å². The van der Waals surface area contributed by atoms with E-state index in [1.807, 2.05) is 22.6 Å². The summed E-state index contributed by atoms with van der Waals surface area (Å²) >= 11 is 1.97. The lowest BCUT2D eigenvalue weighted by Gasteiger charge is -2.15. The van der Waals surface area contributed by atoms with Crippen molar-refractivity contribution in [2.75, 3.05) is 6.26 Å². The van der Waals surface area contributed by atoms with E-state index in [0.29, 0.717) is 9.13 Å². The van der Waals surface area contributed by atoms with Crippen molar-refractivity contribution in [3.63, 3.8) is 0 Å². The number of nitrogens with two attached hydrogens (primary N) is 1. The Morgan fingerprint density at radius 3 is 2.50 bits per heavy atom. The monoisotopic (exact) mass is 572 g/mol. The molecule has 0 aromatic heterocycles. The number of hydrogen-bond donors (Lipinski definition) is 2. The summed E-state index contributed by atoms with van der Waals surface area (Å²) in [6.07, 6.45) is 0.977. The van der Waals surface area contributed by atoms with Crippen LogP contribution in [0.4, 0.5) is 8.78 Å². The first kappa shape index (κ1) is 24.1. The molecule has 0 atom stereocenters. The maximum Gasteiger partial charge on any atom is 0.252 e. The number of sulfonamides is 1. The average molecular weight is 572 g/mol. The molecule has 0 saturated heterocycles. The molecule has 0 saturated carbocycles. The Balaban J connectivity index is 1.96. The van der Waals surface area contributed by atoms with Gasteiger partial charge in [0.25, 0.3) is 5.91 Å². The molecule has 3 aromatic rings. The summed E-state index contributed by atoms with van der Waals surface area (Å²) in [5, 5.41) is 0. The third kappa shape index (κ3) is 6.47. The minimum atomic E-state index is -3.39. The minimum Gasteiger partial charge on any atom is -0.456 e. The fraction of sp³-hybridized carbons (Fsp3) is 0.136. The molecular formula is C22H19F2IN2O4S. The summed E-state index contributed by atoms with van der Waals surface area (Å²) < 4.78 is 60.1. The largest absolute Gasteiger partial charge is 0.456 e. The molecule has 168 valence electrons. The van der Waals surface area contributed by atoms with Gasteiger partial charge in [-0.2, -0.15) is 0 Å². The van der Waals surface area contributed by atoms with Crippen LogP contribution in [-0.4, -0.2) is 20.6 Å². The number of rotatable bonds is 8. The first-order valence-electron chi connectivity index (χ1n) is 9.29. The highest BCUT2D eigenvalue weighted by atomic mass is 127. The lowest BCUT2D eigenvalue weighted by Crippen LogP contribution is -2.21. The molecule has 0 radical (unpaired) electrons. The first-order chi connectivity index (χ1) is 15.0. The smallest absolute Gasteiger partial charge is 0.252 e. The maximum atomic E-state index is 14.4. The van der Waals surface area contributed by atoms with Crippen molar-refractivity contribution < 1.29 is 26.7 Å². The summed E-state index contributed by atoms with van der Waals surface area (Å²) in [6.45, 7) is 0.0270. The zero-order chi connectivity index (χ0) is 23.5. The van der Waals surface area contributed by atoms with Crippen LogP contribution in [0.5, 0.6) is 11.5 Å². The van der Waals surface area contributed by atoms with Gasteiger partial charge in [-0.05, 0) is 69.6 Å². The highest BCUT2D eigenvalue weighted by Gasteiger charge is 2.20. The van der Waals surface area contributed by atoms with Crippen LogP contribution in [0.15, 0.2) is 54.6 Å². The fourth-order valence-corrected chi connectivity index (χ4v) is 3.95. The molecule has 3 aromatic carbocycles. The minimum absolute atomic E-state index is 0.0270. The Morgan fingerprint density at radius 2 is 1.84 bits per heavy atom. The van der Waals surface area contributed by atoms with Gasteiger partial charge >= 0.3 is 0 Å². The third-order valence-corrected chi connectivity index (χ3v) is 5.80. The van der Waals surface area contributed by atoms with Crippen molar-refractivity contribution in [1.82, 2.24) is 4.72 Å². The first-order valence-corrected chi connectivity index (χ1v) is 12.3. The number of amides is 1. The molecule has 6 nitrogen and oxygen atoms in total. The lowest BCUT2D eigenvalue weighted by atomic mass is 9.98. The van der Waals surface area contributed by atoms with Crippen LogP contribution in [0, 0.1) is 15.2 Å². The zero-order valence-electron chi connectivity index (χ0n) is 16.9. The van der Waals surface area contributed by atoms with Gasteiger partial charge in [0.1, 0.15) is 23.1 Å². The van der Waals surface area contributed by atoms with E-state index in [4.69, 9.17) is 10.5 Å². The molecule has 10 heteroatoms. The standard InChI is InChI=1S/C22H19F2IN2O4S/c1-32(29,30)27-12-13-3-2-4-18(7-13)31-20-10-16(23)9-15(21(20)22(26)28)8-14-5-6-17(25)11-19(14)24/h2-7,9-11,27H,8,12H2,1H3,(H2,26,28). The third-order valence-electron chi connectivity index (χ3n) is 4.46. The van der Waals surface area contributed by atoms with Gasteiger partial charge in [-0.15, -0.1) is 0 Å². The van der Waals surface area contributed by atoms with Crippen LogP contribution in [0.2, 0.25) is 0 Å². The number of halogens is 3. The van der Waals surface area contributed by atoms with E-state index in [1.165, 1.54) is 6.07 Å². The molecule has 3 rings (SSSR count). The van der Waals surface area contributed by atoms with Gasteiger partial charge in [-0.1, -0.05) is 18.2 Å². The van der Waals surface area contributed by atoms with Crippen molar-refractivity contribution in [2.45, 2.75) is 13.0 Å². The summed E-state index contributed by atoms with van der Waals surface area (Å²) in [5.74, 6) is -1.88. The molecule has 1 amide bonds.